The minimum Gasteiger partial charge on any atom is -0.316 e. The lowest BCUT2D eigenvalue weighted by Crippen LogP contribution is -2.27. The molecular weight excluding hydrogens is 285 g/mol. The minimum absolute atomic E-state index is 0.0508. The van der Waals surface area contributed by atoms with Crippen LogP contribution in [0.3, 0.4) is 0 Å². The van der Waals surface area contributed by atoms with Crippen LogP contribution in [0.1, 0.15) is 19.4 Å². The number of Topliss-reactive ketones (excluding diaryl/α,β-unsaturated/α-hetero) is 1. The minimum atomic E-state index is -0.324. The number of carbonyl (C=O) groups excluding carboxylic acids is 1. The second-order valence-corrected chi connectivity index (χ2v) is 4.86. The normalized spacial score (nSPS) is 12.5. The van der Waals surface area contributed by atoms with Crippen LogP contribution in [0.15, 0.2) is 22.7 Å². The lowest BCUT2D eigenvalue weighted by Gasteiger charge is -2.11. The molecule has 0 bridgehead atoms. The van der Waals surface area contributed by atoms with Gasteiger partial charge in [0.15, 0.2) is 0 Å². The molecule has 1 aromatic carbocycles. The highest BCUT2D eigenvalue weighted by Gasteiger charge is 2.15. The van der Waals surface area contributed by atoms with Gasteiger partial charge in [0.05, 0.1) is 4.47 Å². The fourth-order valence-electron chi connectivity index (χ4n) is 1.52. The highest BCUT2D eigenvalue weighted by Crippen LogP contribution is 2.21. The van der Waals surface area contributed by atoms with E-state index in [4.69, 9.17) is 0 Å². The van der Waals surface area contributed by atoms with E-state index < -0.39 is 0 Å². The predicted molar refractivity (Wildman–Crippen MR) is 70.5 cm³/mol. The molecule has 0 saturated carbocycles. The van der Waals surface area contributed by atoms with E-state index in [1.165, 1.54) is 6.07 Å². The van der Waals surface area contributed by atoms with Crippen molar-refractivity contribution in [3.63, 3.8) is 0 Å². The highest BCUT2D eigenvalue weighted by molar-refractivity contribution is 9.10. The maximum atomic E-state index is 13.3. The number of carbonyl (C=O) groups is 1. The molecule has 1 N–H and O–H groups in total. The van der Waals surface area contributed by atoms with Gasteiger partial charge in [-0.05, 0) is 34.1 Å². The molecule has 1 rings (SSSR count). The number of halogens is 2. The monoisotopic (exact) mass is 301 g/mol. The smallest absolute Gasteiger partial charge is 0.141 e. The molecule has 0 radical (unpaired) electrons. The fourth-order valence-corrected chi connectivity index (χ4v) is 1.93. The van der Waals surface area contributed by atoms with E-state index in [0.717, 1.165) is 6.54 Å². The molecule has 0 saturated heterocycles. The van der Waals surface area contributed by atoms with E-state index in [2.05, 4.69) is 21.2 Å². The van der Waals surface area contributed by atoms with Crippen LogP contribution in [-0.4, -0.2) is 18.9 Å². The zero-order valence-corrected chi connectivity index (χ0v) is 11.7. The third-order valence-electron chi connectivity index (χ3n) is 2.65. The Morgan fingerprint density at radius 3 is 2.88 bits per heavy atom. The molecule has 4 heteroatoms. The Labute approximate surface area is 110 Å². The molecular formula is C13H17BrFNO. The molecule has 0 aliphatic rings. The summed E-state index contributed by atoms with van der Waals surface area (Å²) in [6, 6.07) is 4.77. The highest BCUT2D eigenvalue weighted by atomic mass is 79.9. The number of rotatable bonds is 6. The summed E-state index contributed by atoms with van der Waals surface area (Å²) < 4.78 is 13.7. The third-order valence-corrected chi connectivity index (χ3v) is 3.53. The van der Waals surface area contributed by atoms with Gasteiger partial charge in [-0.3, -0.25) is 4.79 Å². The standard InChI is InChI=1S/C13H17BrFNO/c1-3-16-8-9(2)12(17)7-10-5-4-6-11(15)13(10)14/h4-6,9,16H,3,7-8H2,1-2H3. The van der Waals surface area contributed by atoms with Crippen LogP contribution in [0.4, 0.5) is 4.39 Å². The third kappa shape index (κ3) is 4.21. The molecule has 0 spiro atoms. The van der Waals surface area contributed by atoms with E-state index >= 15 is 0 Å². The maximum Gasteiger partial charge on any atom is 0.141 e. The fraction of sp³-hybridized carbons (Fsp3) is 0.462. The van der Waals surface area contributed by atoms with Crippen LogP contribution >= 0.6 is 15.9 Å². The number of ketones is 1. The van der Waals surface area contributed by atoms with Gasteiger partial charge in [0, 0.05) is 18.9 Å². The van der Waals surface area contributed by atoms with Gasteiger partial charge < -0.3 is 5.32 Å². The van der Waals surface area contributed by atoms with Crippen molar-refractivity contribution >= 4 is 21.7 Å². The van der Waals surface area contributed by atoms with Crippen molar-refractivity contribution in [2.24, 2.45) is 5.92 Å². The SMILES string of the molecule is CCNCC(C)C(=O)Cc1cccc(F)c1Br. The van der Waals surface area contributed by atoms with E-state index in [1.807, 2.05) is 13.8 Å². The van der Waals surface area contributed by atoms with E-state index in [-0.39, 0.29) is 23.9 Å². The summed E-state index contributed by atoms with van der Waals surface area (Å²) in [5, 5.41) is 3.13. The second-order valence-electron chi connectivity index (χ2n) is 4.06. The van der Waals surface area contributed by atoms with Crippen molar-refractivity contribution in [2.75, 3.05) is 13.1 Å². The molecule has 0 fully saturated rings. The zero-order chi connectivity index (χ0) is 12.8. The summed E-state index contributed by atoms with van der Waals surface area (Å²) in [7, 11) is 0. The summed E-state index contributed by atoms with van der Waals surface area (Å²) in [6.45, 7) is 5.40. The lowest BCUT2D eigenvalue weighted by atomic mass is 9.99. The Balaban J connectivity index is 2.64. The molecule has 1 atom stereocenters. The average Bonchev–Trinajstić information content (AvgIpc) is 2.31. The predicted octanol–water partition coefficient (Wildman–Crippen LogP) is 2.95. The number of nitrogens with one attached hydrogen (secondary N) is 1. The van der Waals surface area contributed by atoms with E-state index in [9.17, 15) is 9.18 Å². The van der Waals surface area contributed by atoms with E-state index in [0.29, 0.717) is 16.6 Å². The molecule has 0 aliphatic heterocycles. The Morgan fingerprint density at radius 1 is 1.53 bits per heavy atom. The largest absolute Gasteiger partial charge is 0.316 e. The Morgan fingerprint density at radius 2 is 2.24 bits per heavy atom. The summed E-state index contributed by atoms with van der Waals surface area (Å²) in [5.74, 6) is -0.253. The van der Waals surface area contributed by atoms with Gasteiger partial charge >= 0.3 is 0 Å². The van der Waals surface area contributed by atoms with Crippen molar-refractivity contribution in [1.82, 2.24) is 5.32 Å². The molecule has 2 nitrogen and oxygen atoms in total. The first-order chi connectivity index (χ1) is 8.06. The first-order valence-electron chi connectivity index (χ1n) is 5.72. The first-order valence-corrected chi connectivity index (χ1v) is 6.51. The molecule has 17 heavy (non-hydrogen) atoms. The number of hydrogen-bond acceptors (Lipinski definition) is 2. The summed E-state index contributed by atoms with van der Waals surface area (Å²) in [4.78, 5) is 11.9. The van der Waals surface area contributed by atoms with Gasteiger partial charge in [0.2, 0.25) is 0 Å². The quantitative estimate of drug-likeness (QED) is 0.875. The van der Waals surface area contributed by atoms with Gasteiger partial charge in [-0.25, -0.2) is 4.39 Å². The summed E-state index contributed by atoms with van der Waals surface area (Å²) >= 11 is 3.17. The Hall–Kier alpha value is -0.740. The van der Waals surface area contributed by atoms with Crippen LogP contribution in [0, 0.1) is 11.7 Å². The van der Waals surface area contributed by atoms with Crippen molar-refractivity contribution in [2.45, 2.75) is 20.3 Å². The van der Waals surface area contributed by atoms with Crippen LogP contribution in [0.25, 0.3) is 0 Å². The lowest BCUT2D eigenvalue weighted by molar-refractivity contribution is -0.121. The van der Waals surface area contributed by atoms with Gasteiger partial charge in [-0.2, -0.15) is 0 Å². The maximum absolute atomic E-state index is 13.3. The van der Waals surface area contributed by atoms with Crippen LogP contribution in [-0.2, 0) is 11.2 Å². The van der Waals surface area contributed by atoms with Crippen LogP contribution in [0.5, 0.6) is 0 Å². The van der Waals surface area contributed by atoms with Gasteiger partial charge in [0.1, 0.15) is 11.6 Å². The zero-order valence-electron chi connectivity index (χ0n) is 10.1. The van der Waals surface area contributed by atoms with Gasteiger partial charge in [-0.1, -0.05) is 26.0 Å². The van der Waals surface area contributed by atoms with Gasteiger partial charge in [0.25, 0.3) is 0 Å². The number of hydrogen-bond donors (Lipinski definition) is 1. The summed E-state index contributed by atoms with van der Waals surface area (Å²) in [5.41, 5.74) is 0.707. The second kappa shape index (κ2) is 6.87. The Kier molecular flexibility index (Phi) is 5.78. The molecule has 1 unspecified atom stereocenters. The van der Waals surface area contributed by atoms with Crippen LogP contribution in [0.2, 0.25) is 0 Å². The average molecular weight is 302 g/mol. The molecule has 0 aromatic heterocycles. The molecule has 94 valence electrons. The van der Waals surface area contributed by atoms with E-state index in [1.54, 1.807) is 12.1 Å². The Bertz CT molecular complexity index is 395. The van der Waals surface area contributed by atoms with Crippen molar-refractivity contribution in [3.05, 3.63) is 34.1 Å². The molecule has 0 amide bonds. The molecule has 0 heterocycles. The molecule has 1 aromatic rings. The van der Waals surface area contributed by atoms with Crippen molar-refractivity contribution in [1.29, 1.82) is 0 Å². The topological polar surface area (TPSA) is 29.1 Å². The first kappa shape index (κ1) is 14.3. The number of benzene rings is 1. The van der Waals surface area contributed by atoms with Gasteiger partial charge in [-0.15, -0.1) is 0 Å². The van der Waals surface area contributed by atoms with Crippen LogP contribution < -0.4 is 5.32 Å². The summed E-state index contributed by atoms with van der Waals surface area (Å²) in [6.07, 6.45) is 0.269. The van der Waals surface area contributed by atoms with Crippen molar-refractivity contribution < 1.29 is 9.18 Å². The molecule has 0 aliphatic carbocycles. The van der Waals surface area contributed by atoms with Crippen molar-refractivity contribution in [3.8, 4) is 0 Å².